The Labute approximate surface area is 109 Å². The topological polar surface area (TPSA) is 98.2 Å². The highest BCUT2D eigenvalue weighted by atomic mass is 32.2. The number of rotatable bonds is 6. The third-order valence-electron chi connectivity index (χ3n) is 3.11. The fourth-order valence-electron chi connectivity index (χ4n) is 1.78. The van der Waals surface area contributed by atoms with Crippen molar-refractivity contribution in [1.29, 1.82) is 0 Å². The number of hydrogen-bond donors (Lipinski definition) is 3. The number of benzene rings is 1. The van der Waals surface area contributed by atoms with Gasteiger partial charge in [-0.1, -0.05) is 32.8 Å². The van der Waals surface area contributed by atoms with Crippen LogP contribution in [0, 0.1) is 5.92 Å². The number of primary sulfonamides is 1. The molecule has 0 aromatic heterocycles. The molecule has 1 aromatic carbocycles. The highest BCUT2D eigenvalue weighted by Crippen LogP contribution is 2.26. The molecule has 0 radical (unpaired) electrons. The van der Waals surface area contributed by atoms with Gasteiger partial charge in [-0.2, -0.15) is 0 Å². The van der Waals surface area contributed by atoms with Crippen LogP contribution in [0.1, 0.15) is 26.7 Å². The van der Waals surface area contributed by atoms with Crippen molar-refractivity contribution in [2.45, 2.75) is 31.6 Å². The second-order valence-corrected chi connectivity index (χ2v) is 5.86. The highest BCUT2D eigenvalue weighted by Gasteiger charge is 2.15. The predicted octanol–water partition coefficient (Wildman–Crippen LogP) is 1.76. The van der Waals surface area contributed by atoms with Gasteiger partial charge in [0.05, 0.1) is 11.4 Å². The molecule has 0 aliphatic rings. The van der Waals surface area contributed by atoms with Gasteiger partial charge in [0.15, 0.2) is 0 Å². The van der Waals surface area contributed by atoms with E-state index in [-0.39, 0.29) is 10.6 Å². The van der Waals surface area contributed by atoms with E-state index < -0.39 is 10.0 Å². The molecule has 0 unspecified atom stereocenters. The average molecular weight is 271 g/mol. The molecule has 0 saturated carbocycles. The minimum absolute atomic E-state index is 0.0305. The predicted molar refractivity (Wildman–Crippen MR) is 74.8 cm³/mol. The van der Waals surface area contributed by atoms with Gasteiger partial charge in [-0.05, 0) is 18.1 Å². The summed E-state index contributed by atoms with van der Waals surface area (Å²) in [5.41, 5.74) is 6.62. The molecule has 5 N–H and O–H groups in total. The summed E-state index contributed by atoms with van der Waals surface area (Å²) in [6.07, 6.45) is 2.14. The molecular weight excluding hydrogens is 250 g/mol. The molecule has 0 bridgehead atoms. The first-order valence-corrected chi connectivity index (χ1v) is 7.59. The van der Waals surface area contributed by atoms with Crippen molar-refractivity contribution in [3.8, 4) is 0 Å². The van der Waals surface area contributed by atoms with Gasteiger partial charge in [0.25, 0.3) is 0 Å². The monoisotopic (exact) mass is 271 g/mol. The van der Waals surface area contributed by atoms with Crippen molar-refractivity contribution in [3.63, 3.8) is 0 Å². The van der Waals surface area contributed by atoms with Gasteiger partial charge in [-0.3, -0.25) is 0 Å². The van der Waals surface area contributed by atoms with Crippen LogP contribution in [0.3, 0.4) is 0 Å². The van der Waals surface area contributed by atoms with Crippen LogP contribution in [-0.2, 0) is 10.0 Å². The Bertz CT molecular complexity index is 496. The maximum atomic E-state index is 11.3. The molecule has 0 amide bonds. The molecule has 6 heteroatoms. The van der Waals surface area contributed by atoms with E-state index in [4.69, 9.17) is 10.9 Å². The number of sulfonamides is 1. The first-order chi connectivity index (χ1) is 8.40. The minimum Gasteiger partial charge on any atom is -0.396 e. The molecule has 1 rings (SSSR count). The van der Waals surface area contributed by atoms with Crippen molar-refractivity contribution < 1.29 is 8.42 Å². The van der Waals surface area contributed by atoms with Crippen LogP contribution < -0.4 is 16.2 Å². The summed E-state index contributed by atoms with van der Waals surface area (Å²) < 4.78 is 22.7. The zero-order chi connectivity index (χ0) is 13.8. The number of anilines is 2. The van der Waals surface area contributed by atoms with E-state index in [0.29, 0.717) is 11.6 Å². The molecule has 5 nitrogen and oxygen atoms in total. The van der Waals surface area contributed by atoms with Crippen LogP contribution in [0.2, 0.25) is 0 Å². The van der Waals surface area contributed by atoms with E-state index >= 15 is 0 Å². The van der Waals surface area contributed by atoms with Crippen LogP contribution >= 0.6 is 0 Å². The standard InChI is InChI=1S/C12H21N3O2S/c1-3-9(4-2)8-15-10-6-5-7-11(12(10)13)18(14,16)17/h5-7,9,15H,3-4,8,13H2,1-2H3,(H2,14,16,17). The van der Waals surface area contributed by atoms with Crippen molar-refractivity contribution in [2.24, 2.45) is 11.1 Å². The number of para-hydroxylation sites is 1. The van der Waals surface area contributed by atoms with E-state index in [1.165, 1.54) is 6.07 Å². The van der Waals surface area contributed by atoms with Gasteiger partial charge in [0.2, 0.25) is 10.0 Å². The lowest BCUT2D eigenvalue weighted by atomic mass is 10.0. The molecule has 1 aromatic rings. The van der Waals surface area contributed by atoms with Crippen LogP contribution in [-0.4, -0.2) is 15.0 Å². The van der Waals surface area contributed by atoms with Crippen LogP contribution in [0.4, 0.5) is 11.4 Å². The molecule has 0 aliphatic carbocycles. The van der Waals surface area contributed by atoms with Crippen molar-refractivity contribution in [1.82, 2.24) is 0 Å². The first kappa shape index (κ1) is 14.8. The molecule has 0 saturated heterocycles. The normalized spacial score (nSPS) is 11.8. The van der Waals surface area contributed by atoms with Gasteiger partial charge in [0, 0.05) is 6.54 Å². The molecule has 0 fully saturated rings. The summed E-state index contributed by atoms with van der Waals surface area (Å²) in [6.45, 7) is 5.02. The Morgan fingerprint density at radius 2 is 1.89 bits per heavy atom. The molecule has 0 spiro atoms. The Morgan fingerprint density at radius 1 is 1.28 bits per heavy atom. The van der Waals surface area contributed by atoms with Gasteiger partial charge in [0.1, 0.15) is 4.90 Å². The lowest BCUT2D eigenvalue weighted by molar-refractivity contribution is 0.519. The summed E-state index contributed by atoms with van der Waals surface area (Å²) >= 11 is 0. The number of nitrogen functional groups attached to an aromatic ring is 1. The summed E-state index contributed by atoms with van der Waals surface area (Å²) in [5, 5.41) is 8.28. The zero-order valence-corrected chi connectivity index (χ0v) is 11.6. The Balaban J connectivity index is 2.92. The first-order valence-electron chi connectivity index (χ1n) is 6.05. The number of hydrogen-bond acceptors (Lipinski definition) is 4. The molecule has 0 aliphatic heterocycles. The second-order valence-electron chi connectivity index (χ2n) is 4.33. The molecule has 102 valence electrons. The minimum atomic E-state index is -3.77. The van der Waals surface area contributed by atoms with E-state index in [1.807, 2.05) is 0 Å². The van der Waals surface area contributed by atoms with E-state index in [0.717, 1.165) is 19.4 Å². The Morgan fingerprint density at radius 3 is 2.39 bits per heavy atom. The average Bonchev–Trinajstić information content (AvgIpc) is 2.30. The van der Waals surface area contributed by atoms with Crippen LogP contribution in [0.5, 0.6) is 0 Å². The zero-order valence-electron chi connectivity index (χ0n) is 10.8. The fraction of sp³-hybridized carbons (Fsp3) is 0.500. The van der Waals surface area contributed by atoms with E-state index in [9.17, 15) is 8.42 Å². The lowest BCUT2D eigenvalue weighted by Gasteiger charge is -2.16. The summed E-state index contributed by atoms with van der Waals surface area (Å²) in [6, 6.07) is 4.80. The Hall–Kier alpha value is -1.27. The summed E-state index contributed by atoms with van der Waals surface area (Å²) in [5.74, 6) is 0.544. The lowest BCUT2D eigenvalue weighted by Crippen LogP contribution is -2.17. The smallest absolute Gasteiger partial charge is 0.240 e. The molecule has 0 heterocycles. The van der Waals surface area contributed by atoms with E-state index in [2.05, 4.69) is 19.2 Å². The van der Waals surface area contributed by atoms with Crippen molar-refractivity contribution >= 4 is 21.4 Å². The van der Waals surface area contributed by atoms with Crippen LogP contribution in [0.25, 0.3) is 0 Å². The summed E-state index contributed by atoms with van der Waals surface area (Å²) in [4.78, 5) is -0.0305. The fourth-order valence-corrected chi connectivity index (χ4v) is 2.46. The molecular formula is C12H21N3O2S. The molecule has 0 atom stereocenters. The number of nitrogens with two attached hydrogens (primary N) is 2. The quantitative estimate of drug-likeness (QED) is 0.687. The third kappa shape index (κ3) is 3.61. The molecule has 18 heavy (non-hydrogen) atoms. The SMILES string of the molecule is CCC(CC)CNc1cccc(S(N)(=O)=O)c1N. The van der Waals surface area contributed by atoms with E-state index in [1.54, 1.807) is 12.1 Å². The van der Waals surface area contributed by atoms with Gasteiger partial charge < -0.3 is 11.1 Å². The maximum absolute atomic E-state index is 11.3. The maximum Gasteiger partial charge on any atom is 0.240 e. The Kier molecular flexibility index (Phi) is 4.98. The summed E-state index contributed by atoms with van der Waals surface area (Å²) in [7, 11) is -3.77. The van der Waals surface area contributed by atoms with Crippen LogP contribution in [0.15, 0.2) is 23.1 Å². The second kappa shape index (κ2) is 6.06. The van der Waals surface area contributed by atoms with Gasteiger partial charge >= 0.3 is 0 Å². The highest BCUT2D eigenvalue weighted by molar-refractivity contribution is 7.89. The largest absolute Gasteiger partial charge is 0.396 e. The van der Waals surface area contributed by atoms with Gasteiger partial charge in [-0.25, -0.2) is 13.6 Å². The van der Waals surface area contributed by atoms with Crippen molar-refractivity contribution in [2.75, 3.05) is 17.6 Å². The van der Waals surface area contributed by atoms with Crippen molar-refractivity contribution in [3.05, 3.63) is 18.2 Å². The van der Waals surface area contributed by atoms with Gasteiger partial charge in [-0.15, -0.1) is 0 Å². The third-order valence-corrected chi connectivity index (χ3v) is 4.08. The number of nitrogens with one attached hydrogen (secondary N) is 1.